The van der Waals surface area contributed by atoms with Crippen molar-refractivity contribution in [3.8, 4) is 0 Å². The van der Waals surface area contributed by atoms with Crippen LogP contribution < -0.4 is 0 Å². The topological polar surface area (TPSA) is 83.6 Å². The predicted molar refractivity (Wildman–Crippen MR) is 84.4 cm³/mol. The van der Waals surface area contributed by atoms with E-state index in [0.717, 1.165) is 5.56 Å². The smallest absolute Gasteiger partial charge is 0.335 e. The molecule has 0 saturated carbocycles. The summed E-state index contributed by atoms with van der Waals surface area (Å²) in [4.78, 5) is 24.7. The van der Waals surface area contributed by atoms with Crippen LogP contribution in [0.4, 0.5) is 0 Å². The van der Waals surface area contributed by atoms with Crippen molar-refractivity contribution in [3.63, 3.8) is 0 Å². The molecule has 1 amide bonds. The van der Waals surface area contributed by atoms with Gasteiger partial charge in [0.05, 0.1) is 5.56 Å². The average Bonchev–Trinajstić information content (AvgIpc) is 2.96. The summed E-state index contributed by atoms with van der Waals surface area (Å²) in [6.45, 7) is 6.30. The van der Waals surface area contributed by atoms with E-state index in [-0.39, 0.29) is 22.6 Å². The molecule has 1 N–H and O–H groups in total. The summed E-state index contributed by atoms with van der Waals surface area (Å²) >= 11 is 0. The van der Waals surface area contributed by atoms with E-state index in [1.54, 1.807) is 25.2 Å². The van der Waals surface area contributed by atoms with Crippen LogP contribution in [0.15, 0.2) is 34.9 Å². The molecule has 6 heteroatoms. The van der Waals surface area contributed by atoms with Crippen molar-refractivity contribution in [2.75, 3.05) is 7.05 Å². The number of carboxylic acids is 1. The number of amides is 1. The molecule has 0 spiro atoms. The summed E-state index contributed by atoms with van der Waals surface area (Å²) < 4.78 is 5.23. The van der Waals surface area contributed by atoms with Gasteiger partial charge in [0, 0.05) is 25.1 Å². The molecule has 6 nitrogen and oxygen atoms in total. The molecule has 2 aromatic rings. The van der Waals surface area contributed by atoms with E-state index in [1.807, 2.05) is 20.8 Å². The minimum atomic E-state index is -0.974. The highest BCUT2D eigenvalue weighted by molar-refractivity contribution is 5.92. The van der Waals surface area contributed by atoms with Crippen LogP contribution in [0.3, 0.4) is 0 Å². The zero-order valence-corrected chi connectivity index (χ0v) is 13.7. The summed E-state index contributed by atoms with van der Waals surface area (Å²) in [6, 6.07) is 8.08. The first-order chi connectivity index (χ1) is 10.7. The van der Waals surface area contributed by atoms with Gasteiger partial charge < -0.3 is 14.5 Å². The number of carbonyl (C=O) groups is 2. The lowest BCUT2D eigenvalue weighted by Crippen LogP contribution is -2.26. The lowest BCUT2D eigenvalue weighted by atomic mass is 9.93. The third-order valence-corrected chi connectivity index (χ3v) is 3.44. The number of aromatic carboxylic acids is 1. The highest BCUT2D eigenvalue weighted by Crippen LogP contribution is 2.23. The van der Waals surface area contributed by atoms with Crippen molar-refractivity contribution in [1.29, 1.82) is 0 Å². The van der Waals surface area contributed by atoms with Crippen LogP contribution in [0, 0.1) is 0 Å². The summed E-state index contributed by atoms with van der Waals surface area (Å²) in [5.74, 6) is -0.565. The Morgan fingerprint density at radius 1 is 1.22 bits per heavy atom. The normalized spacial score (nSPS) is 11.3. The van der Waals surface area contributed by atoms with Crippen LogP contribution in [0.2, 0.25) is 0 Å². The summed E-state index contributed by atoms with van der Waals surface area (Å²) in [7, 11) is 1.67. The van der Waals surface area contributed by atoms with E-state index in [9.17, 15) is 9.59 Å². The van der Waals surface area contributed by atoms with Gasteiger partial charge in [-0.05, 0) is 17.7 Å². The lowest BCUT2D eigenvalue weighted by molar-refractivity contribution is 0.0695. The number of hydrogen-bond acceptors (Lipinski definition) is 4. The number of rotatable bonds is 4. The van der Waals surface area contributed by atoms with Crippen LogP contribution in [-0.2, 0) is 12.0 Å². The zero-order valence-electron chi connectivity index (χ0n) is 13.7. The average molecular weight is 316 g/mol. The van der Waals surface area contributed by atoms with E-state index in [4.69, 9.17) is 9.63 Å². The van der Waals surface area contributed by atoms with Crippen LogP contribution in [0.5, 0.6) is 0 Å². The monoisotopic (exact) mass is 316 g/mol. The summed E-state index contributed by atoms with van der Waals surface area (Å²) in [5, 5.41) is 12.7. The second kappa shape index (κ2) is 6.24. The van der Waals surface area contributed by atoms with Gasteiger partial charge in [-0.15, -0.1) is 0 Å². The van der Waals surface area contributed by atoms with Gasteiger partial charge in [0.1, 0.15) is 5.76 Å². The molecule has 0 saturated heterocycles. The van der Waals surface area contributed by atoms with E-state index in [1.165, 1.54) is 17.0 Å². The fraction of sp³-hybridized carbons (Fsp3) is 0.353. The molecule has 0 bridgehead atoms. The Bertz CT molecular complexity index is 711. The van der Waals surface area contributed by atoms with Gasteiger partial charge in [0.15, 0.2) is 5.69 Å². The number of hydrogen-bond donors (Lipinski definition) is 1. The minimum Gasteiger partial charge on any atom is -0.478 e. The molecule has 0 fully saturated rings. The van der Waals surface area contributed by atoms with Crippen molar-refractivity contribution >= 4 is 11.9 Å². The Morgan fingerprint density at radius 3 is 2.30 bits per heavy atom. The molecule has 23 heavy (non-hydrogen) atoms. The molecule has 2 rings (SSSR count). The highest BCUT2D eigenvalue weighted by Gasteiger charge is 2.23. The predicted octanol–water partition coefficient (Wildman–Crippen LogP) is 2.94. The standard InChI is InChI=1S/C17H20N2O4/c1-17(2,3)14-9-13(18-23-14)15(20)19(4)10-11-5-7-12(8-6-11)16(21)22/h5-9H,10H2,1-4H3,(H,21,22). The minimum absolute atomic E-state index is 0.212. The Balaban J connectivity index is 2.08. The molecule has 122 valence electrons. The molecule has 0 radical (unpaired) electrons. The Kier molecular flexibility index (Phi) is 4.54. The molecule has 1 aromatic heterocycles. The molecule has 0 atom stereocenters. The number of carboxylic acid groups (broad SMARTS) is 1. The summed E-state index contributed by atoms with van der Waals surface area (Å²) in [5.41, 5.74) is 1.11. The molecule has 0 aliphatic heterocycles. The van der Waals surface area contributed by atoms with Gasteiger partial charge in [-0.1, -0.05) is 38.1 Å². The third-order valence-electron chi connectivity index (χ3n) is 3.44. The Labute approximate surface area is 134 Å². The Morgan fingerprint density at radius 2 is 1.83 bits per heavy atom. The van der Waals surface area contributed by atoms with Crippen LogP contribution >= 0.6 is 0 Å². The Hall–Kier alpha value is -2.63. The SMILES string of the molecule is CN(Cc1ccc(C(=O)O)cc1)C(=O)c1cc(C(C)(C)C)on1. The van der Waals surface area contributed by atoms with Crippen LogP contribution in [0.25, 0.3) is 0 Å². The van der Waals surface area contributed by atoms with Gasteiger partial charge in [0.2, 0.25) is 0 Å². The van der Waals surface area contributed by atoms with Crippen LogP contribution in [0.1, 0.15) is 52.9 Å². The maximum atomic E-state index is 12.4. The molecule has 1 heterocycles. The van der Waals surface area contributed by atoms with Crippen molar-refractivity contribution < 1.29 is 19.2 Å². The quantitative estimate of drug-likeness (QED) is 0.937. The largest absolute Gasteiger partial charge is 0.478 e. The van der Waals surface area contributed by atoms with Gasteiger partial charge in [-0.3, -0.25) is 4.79 Å². The van der Waals surface area contributed by atoms with Gasteiger partial charge in [0.25, 0.3) is 5.91 Å². The van der Waals surface area contributed by atoms with Crippen molar-refractivity contribution in [3.05, 3.63) is 52.9 Å². The second-order valence-electron chi connectivity index (χ2n) is 6.49. The first-order valence-electron chi connectivity index (χ1n) is 7.23. The molecule has 0 aliphatic carbocycles. The van der Waals surface area contributed by atoms with E-state index >= 15 is 0 Å². The molecule has 0 aliphatic rings. The number of aromatic nitrogens is 1. The second-order valence-corrected chi connectivity index (χ2v) is 6.49. The molecule has 0 unspecified atom stereocenters. The van der Waals surface area contributed by atoms with E-state index in [2.05, 4.69) is 5.16 Å². The maximum Gasteiger partial charge on any atom is 0.335 e. The van der Waals surface area contributed by atoms with E-state index in [0.29, 0.717) is 12.3 Å². The fourth-order valence-electron chi connectivity index (χ4n) is 2.02. The zero-order chi connectivity index (χ0) is 17.2. The van der Waals surface area contributed by atoms with Gasteiger partial charge in [-0.25, -0.2) is 4.79 Å². The summed E-state index contributed by atoms with van der Waals surface area (Å²) in [6.07, 6.45) is 0. The van der Waals surface area contributed by atoms with Gasteiger partial charge >= 0.3 is 5.97 Å². The number of benzene rings is 1. The first kappa shape index (κ1) is 16.7. The number of carbonyl (C=O) groups excluding carboxylic acids is 1. The maximum absolute atomic E-state index is 12.4. The third kappa shape index (κ3) is 3.97. The van der Waals surface area contributed by atoms with E-state index < -0.39 is 5.97 Å². The van der Waals surface area contributed by atoms with Crippen LogP contribution in [-0.4, -0.2) is 34.1 Å². The molecular weight excluding hydrogens is 296 g/mol. The van der Waals surface area contributed by atoms with Crippen molar-refractivity contribution in [2.45, 2.75) is 32.7 Å². The first-order valence-corrected chi connectivity index (χ1v) is 7.23. The van der Waals surface area contributed by atoms with Crippen molar-refractivity contribution in [2.24, 2.45) is 0 Å². The lowest BCUT2D eigenvalue weighted by Gasteiger charge is -2.16. The molecule has 1 aromatic carbocycles. The molecular formula is C17H20N2O4. The van der Waals surface area contributed by atoms with Gasteiger partial charge in [-0.2, -0.15) is 0 Å². The highest BCUT2D eigenvalue weighted by atomic mass is 16.5. The van der Waals surface area contributed by atoms with Crippen molar-refractivity contribution in [1.82, 2.24) is 10.1 Å². The number of nitrogens with zero attached hydrogens (tertiary/aromatic N) is 2. The fourth-order valence-corrected chi connectivity index (χ4v) is 2.02.